The molecule has 0 aliphatic carbocycles. The highest BCUT2D eigenvalue weighted by Gasteiger charge is 2.60. The maximum atomic E-state index is 14.4. The highest BCUT2D eigenvalue weighted by molar-refractivity contribution is 9.10. The summed E-state index contributed by atoms with van der Waals surface area (Å²) in [7, 11) is 0. The maximum absolute atomic E-state index is 14.4. The fraction of sp³-hybridized carbons (Fsp3) is 0.267. The van der Waals surface area contributed by atoms with Crippen LogP contribution in [0.25, 0.3) is 10.9 Å². The van der Waals surface area contributed by atoms with E-state index in [4.69, 9.17) is 11.6 Å². The third kappa shape index (κ3) is 4.88. The predicted octanol–water partition coefficient (Wildman–Crippen LogP) is 6.10. The van der Waals surface area contributed by atoms with Crippen molar-refractivity contribution < 1.29 is 14.7 Å². The SMILES string of the molecule is Cc1ccc(S[C@@]2(C(=O)N3CC(O)C3)CC(=O)N(Cc3ccc(Br)cc3)[C@H]2c2c[nH]c3cc(Cl)ccc23)cc1. The van der Waals surface area contributed by atoms with Gasteiger partial charge in [0.25, 0.3) is 0 Å². The van der Waals surface area contributed by atoms with Gasteiger partial charge in [-0.05, 0) is 48.9 Å². The number of hydrogen-bond acceptors (Lipinski definition) is 4. The number of benzene rings is 3. The summed E-state index contributed by atoms with van der Waals surface area (Å²) < 4.78 is -0.170. The predicted molar refractivity (Wildman–Crippen MR) is 158 cm³/mol. The minimum atomic E-state index is -1.13. The molecule has 0 radical (unpaired) electrons. The molecule has 0 saturated carbocycles. The molecule has 4 aromatic rings. The van der Waals surface area contributed by atoms with Gasteiger partial charge in [-0.15, -0.1) is 11.8 Å². The number of fused-ring (bicyclic) bond motifs is 1. The molecule has 1 aromatic heterocycles. The number of nitrogens with one attached hydrogen (secondary N) is 1. The van der Waals surface area contributed by atoms with Crippen molar-refractivity contribution >= 4 is 62.0 Å². The fourth-order valence-corrected chi connectivity index (χ4v) is 7.49. The number of thioether (sulfide) groups is 1. The number of aliphatic hydroxyl groups excluding tert-OH is 1. The van der Waals surface area contributed by atoms with Crippen LogP contribution in [0.15, 0.2) is 82.3 Å². The van der Waals surface area contributed by atoms with E-state index in [1.807, 2.05) is 84.8 Å². The number of rotatable bonds is 6. The van der Waals surface area contributed by atoms with E-state index in [2.05, 4.69) is 20.9 Å². The molecule has 3 heterocycles. The number of likely N-dealkylation sites (tertiary alicyclic amines) is 2. The van der Waals surface area contributed by atoms with Gasteiger partial charge in [-0.2, -0.15) is 0 Å². The zero-order valence-corrected chi connectivity index (χ0v) is 24.4. The number of aryl methyl sites for hydroxylation is 1. The van der Waals surface area contributed by atoms with Gasteiger partial charge in [0.1, 0.15) is 4.75 Å². The third-order valence-corrected chi connectivity index (χ3v) is 9.73. The molecule has 2 aliphatic rings. The average molecular weight is 625 g/mol. The number of β-amino-alcohol motifs (C(OH)–C–C–N with tert-alkyl or cyclic N) is 1. The van der Waals surface area contributed by atoms with Crippen LogP contribution in [0.5, 0.6) is 0 Å². The molecule has 0 spiro atoms. The Kier molecular flexibility index (Phi) is 7.00. The molecule has 0 bridgehead atoms. The topological polar surface area (TPSA) is 76.6 Å². The molecule has 2 N–H and O–H groups in total. The summed E-state index contributed by atoms with van der Waals surface area (Å²) in [6.45, 7) is 2.93. The lowest BCUT2D eigenvalue weighted by molar-refractivity contribution is -0.144. The van der Waals surface area contributed by atoms with Crippen LogP contribution in [0.4, 0.5) is 0 Å². The lowest BCUT2D eigenvalue weighted by Crippen LogP contribution is -2.60. The van der Waals surface area contributed by atoms with Crippen molar-refractivity contribution in [2.75, 3.05) is 13.1 Å². The van der Waals surface area contributed by atoms with E-state index in [0.717, 1.165) is 37.0 Å². The molecule has 2 aliphatic heterocycles. The van der Waals surface area contributed by atoms with Gasteiger partial charge in [0.15, 0.2) is 0 Å². The smallest absolute Gasteiger partial charge is 0.242 e. The highest BCUT2D eigenvalue weighted by atomic mass is 79.9. The Balaban J connectivity index is 1.52. The summed E-state index contributed by atoms with van der Waals surface area (Å²) in [5.41, 5.74) is 3.82. The Labute approximate surface area is 244 Å². The number of aliphatic hydroxyl groups is 1. The number of aromatic nitrogens is 1. The number of hydrogen-bond donors (Lipinski definition) is 2. The van der Waals surface area contributed by atoms with E-state index in [1.54, 1.807) is 4.90 Å². The first-order valence-electron chi connectivity index (χ1n) is 12.8. The van der Waals surface area contributed by atoms with E-state index in [0.29, 0.717) is 11.6 Å². The fourth-order valence-electron chi connectivity index (χ4n) is 5.58. The second-order valence-electron chi connectivity index (χ2n) is 10.3. The number of carbonyl (C=O) groups is 2. The molecule has 6 nitrogen and oxygen atoms in total. The average Bonchev–Trinajstić information content (AvgIpc) is 3.42. The van der Waals surface area contributed by atoms with Gasteiger partial charge in [0.05, 0.1) is 18.6 Å². The van der Waals surface area contributed by atoms with Crippen molar-refractivity contribution in [3.8, 4) is 0 Å². The minimum absolute atomic E-state index is 0.0540. The molecule has 2 saturated heterocycles. The van der Waals surface area contributed by atoms with Crippen LogP contribution in [0.3, 0.4) is 0 Å². The van der Waals surface area contributed by atoms with Gasteiger partial charge in [-0.1, -0.05) is 63.4 Å². The van der Waals surface area contributed by atoms with E-state index in [-0.39, 0.29) is 31.3 Å². The highest BCUT2D eigenvalue weighted by Crippen LogP contribution is 2.55. The largest absolute Gasteiger partial charge is 0.389 e. The van der Waals surface area contributed by atoms with Gasteiger partial charge in [-0.25, -0.2) is 0 Å². The molecule has 6 rings (SSSR count). The van der Waals surface area contributed by atoms with Crippen LogP contribution in [-0.4, -0.2) is 55.6 Å². The van der Waals surface area contributed by atoms with Crippen LogP contribution in [0.2, 0.25) is 5.02 Å². The number of aromatic amines is 1. The van der Waals surface area contributed by atoms with Gasteiger partial charge >= 0.3 is 0 Å². The number of nitrogens with zero attached hydrogens (tertiary/aromatic N) is 2. The number of amides is 2. The van der Waals surface area contributed by atoms with Crippen LogP contribution in [-0.2, 0) is 16.1 Å². The molecule has 3 aromatic carbocycles. The first-order valence-corrected chi connectivity index (χ1v) is 14.8. The van der Waals surface area contributed by atoms with Crippen molar-refractivity contribution in [2.24, 2.45) is 0 Å². The normalized spacial score (nSPS) is 21.5. The molecular weight excluding hydrogens is 598 g/mol. The lowest BCUT2D eigenvalue weighted by atomic mass is 9.89. The zero-order valence-electron chi connectivity index (χ0n) is 21.2. The van der Waals surface area contributed by atoms with Crippen LogP contribution in [0.1, 0.15) is 29.2 Å². The molecule has 2 amide bonds. The van der Waals surface area contributed by atoms with Gasteiger partial charge in [0.2, 0.25) is 11.8 Å². The Morgan fingerprint density at radius 3 is 2.54 bits per heavy atom. The van der Waals surface area contributed by atoms with Crippen molar-refractivity contribution in [1.29, 1.82) is 0 Å². The minimum Gasteiger partial charge on any atom is -0.389 e. The molecule has 2 atom stereocenters. The van der Waals surface area contributed by atoms with E-state index in [1.165, 1.54) is 11.8 Å². The quantitative estimate of drug-likeness (QED) is 0.272. The molecule has 9 heteroatoms. The second-order valence-corrected chi connectivity index (χ2v) is 13.1. The van der Waals surface area contributed by atoms with E-state index < -0.39 is 16.9 Å². The van der Waals surface area contributed by atoms with Crippen LogP contribution < -0.4 is 0 Å². The summed E-state index contributed by atoms with van der Waals surface area (Å²) in [6, 6.07) is 21.0. The van der Waals surface area contributed by atoms with Crippen molar-refractivity contribution in [2.45, 2.75) is 41.7 Å². The summed E-state index contributed by atoms with van der Waals surface area (Å²) in [6.07, 6.45) is 1.42. The summed E-state index contributed by atoms with van der Waals surface area (Å²) >= 11 is 11.2. The van der Waals surface area contributed by atoms with Crippen LogP contribution in [0, 0.1) is 6.92 Å². The summed E-state index contributed by atoms with van der Waals surface area (Å²) in [4.78, 5) is 36.1. The van der Waals surface area contributed by atoms with Crippen molar-refractivity contribution in [3.63, 3.8) is 0 Å². The Bertz CT molecular complexity index is 1550. The number of H-pyrrole nitrogens is 1. The second kappa shape index (κ2) is 10.3. The van der Waals surface area contributed by atoms with Crippen molar-refractivity contribution in [3.05, 3.63) is 99.1 Å². The Morgan fingerprint density at radius 1 is 1.13 bits per heavy atom. The molecule has 39 heavy (non-hydrogen) atoms. The third-order valence-electron chi connectivity index (χ3n) is 7.56. The molecular formula is C30H27BrClN3O3S. The standard InChI is InChI=1S/C30H27BrClN3O3S/c1-18-2-9-23(10-3-18)39-30(29(38)34-16-22(36)17-34)13-27(37)35(15-19-4-6-20(31)7-5-19)28(30)25-14-33-26-12-21(32)8-11-24(25)26/h2-12,14,22,28,33,36H,13,15-17H2,1H3/t28-,30-/m0/s1. The maximum Gasteiger partial charge on any atom is 0.242 e. The Morgan fingerprint density at radius 2 is 1.85 bits per heavy atom. The van der Waals surface area contributed by atoms with Gasteiger partial charge < -0.3 is 19.9 Å². The lowest BCUT2D eigenvalue weighted by Gasteiger charge is -2.44. The van der Waals surface area contributed by atoms with Crippen molar-refractivity contribution in [1.82, 2.24) is 14.8 Å². The summed E-state index contributed by atoms with van der Waals surface area (Å²) in [5, 5.41) is 11.6. The zero-order chi connectivity index (χ0) is 27.3. The molecule has 0 unspecified atom stereocenters. The summed E-state index contributed by atoms with van der Waals surface area (Å²) in [5.74, 6) is -0.210. The first-order chi connectivity index (χ1) is 18.7. The van der Waals surface area contributed by atoms with Crippen LogP contribution >= 0.6 is 39.3 Å². The number of carbonyl (C=O) groups excluding carboxylic acids is 2. The van der Waals surface area contributed by atoms with Gasteiger partial charge in [0, 0.05) is 56.7 Å². The molecule has 200 valence electrons. The Hall–Kier alpha value is -2.78. The monoisotopic (exact) mass is 623 g/mol. The number of halogens is 2. The molecule has 2 fully saturated rings. The van der Waals surface area contributed by atoms with E-state index in [9.17, 15) is 14.7 Å². The van der Waals surface area contributed by atoms with Gasteiger partial charge in [-0.3, -0.25) is 9.59 Å². The van der Waals surface area contributed by atoms with E-state index >= 15 is 0 Å². The first kappa shape index (κ1) is 26.4.